The van der Waals surface area contributed by atoms with Crippen molar-refractivity contribution in [3.05, 3.63) is 29.8 Å². The van der Waals surface area contributed by atoms with Crippen LogP contribution in [-0.4, -0.2) is 26.9 Å². The van der Waals surface area contributed by atoms with Crippen molar-refractivity contribution in [3.63, 3.8) is 0 Å². The first-order valence-corrected chi connectivity index (χ1v) is 5.59. The van der Waals surface area contributed by atoms with Crippen molar-refractivity contribution in [1.82, 2.24) is 0 Å². The van der Waals surface area contributed by atoms with E-state index in [2.05, 4.69) is 12.1 Å². The van der Waals surface area contributed by atoms with Gasteiger partial charge in [-0.15, -0.1) is 0 Å². The molecule has 0 aliphatic heterocycles. The Labute approximate surface area is 96.5 Å². The lowest BCUT2D eigenvalue weighted by Gasteiger charge is -2.46. The summed E-state index contributed by atoms with van der Waals surface area (Å²) in [6.07, 6.45) is 1.99. The van der Waals surface area contributed by atoms with Crippen molar-refractivity contribution in [3.8, 4) is 5.75 Å². The molecule has 1 saturated carbocycles. The summed E-state index contributed by atoms with van der Waals surface area (Å²) in [4.78, 5) is 0. The molecule has 88 valence electrons. The van der Waals surface area contributed by atoms with Crippen LogP contribution < -0.4 is 10.5 Å². The fourth-order valence-electron chi connectivity index (χ4n) is 2.61. The molecule has 1 aromatic carbocycles. The summed E-state index contributed by atoms with van der Waals surface area (Å²) in [5, 5.41) is 0. The molecule has 0 radical (unpaired) electrons. The number of nitrogens with two attached hydrogens (primary N) is 1. The van der Waals surface area contributed by atoms with E-state index in [-0.39, 0.29) is 5.41 Å². The molecule has 3 heteroatoms. The molecule has 1 fully saturated rings. The molecule has 2 N–H and O–H groups in total. The first kappa shape index (κ1) is 11.4. The first-order chi connectivity index (χ1) is 7.70. The monoisotopic (exact) mass is 221 g/mol. The highest BCUT2D eigenvalue weighted by molar-refractivity contribution is 5.36. The molecule has 0 atom stereocenters. The zero-order valence-corrected chi connectivity index (χ0v) is 9.90. The van der Waals surface area contributed by atoms with Crippen molar-refractivity contribution < 1.29 is 9.47 Å². The van der Waals surface area contributed by atoms with Crippen LogP contribution in [0.1, 0.15) is 18.4 Å². The molecule has 1 aliphatic rings. The maximum absolute atomic E-state index is 5.91. The van der Waals surface area contributed by atoms with Gasteiger partial charge in [0.05, 0.1) is 13.7 Å². The Morgan fingerprint density at radius 3 is 2.69 bits per heavy atom. The van der Waals surface area contributed by atoms with Gasteiger partial charge in [-0.05, 0) is 30.5 Å². The molecule has 0 bridgehead atoms. The van der Waals surface area contributed by atoms with Gasteiger partial charge in [0.1, 0.15) is 5.75 Å². The van der Waals surface area contributed by atoms with Crippen LogP contribution in [0.15, 0.2) is 24.3 Å². The van der Waals surface area contributed by atoms with Crippen LogP contribution in [0.5, 0.6) is 5.75 Å². The smallest absolute Gasteiger partial charge is 0.119 e. The van der Waals surface area contributed by atoms with E-state index < -0.39 is 0 Å². The van der Waals surface area contributed by atoms with Crippen LogP contribution in [-0.2, 0) is 10.2 Å². The zero-order chi connectivity index (χ0) is 11.6. The van der Waals surface area contributed by atoms with Crippen LogP contribution >= 0.6 is 0 Å². The largest absolute Gasteiger partial charge is 0.497 e. The summed E-state index contributed by atoms with van der Waals surface area (Å²) in [7, 11) is 3.43. The van der Waals surface area contributed by atoms with E-state index in [9.17, 15) is 0 Å². The van der Waals surface area contributed by atoms with Gasteiger partial charge in [0, 0.05) is 18.6 Å². The molecular weight excluding hydrogens is 202 g/mol. The van der Waals surface area contributed by atoms with Gasteiger partial charge in [-0.2, -0.15) is 0 Å². The molecule has 2 rings (SSSR count). The van der Waals surface area contributed by atoms with Crippen LogP contribution in [0.2, 0.25) is 0 Å². The second-order valence-corrected chi connectivity index (χ2v) is 4.61. The number of ether oxygens (including phenoxy) is 2. The minimum atomic E-state index is 0.0999. The average molecular weight is 221 g/mol. The highest BCUT2D eigenvalue weighted by atomic mass is 16.5. The summed E-state index contributed by atoms with van der Waals surface area (Å²) in [5.74, 6) is 0.897. The van der Waals surface area contributed by atoms with Gasteiger partial charge in [0.2, 0.25) is 0 Å². The molecule has 0 aromatic heterocycles. The SMILES string of the molecule is COCC1(c2cccc(OC)c2)CC(N)C1. The first-order valence-electron chi connectivity index (χ1n) is 5.59. The second-order valence-electron chi connectivity index (χ2n) is 4.61. The summed E-state index contributed by atoms with van der Waals surface area (Å²) < 4.78 is 10.6. The Hall–Kier alpha value is -1.06. The van der Waals surface area contributed by atoms with E-state index in [0.29, 0.717) is 6.04 Å². The Bertz CT molecular complexity index is 353. The number of benzene rings is 1. The van der Waals surface area contributed by atoms with Crippen molar-refractivity contribution in [2.75, 3.05) is 20.8 Å². The quantitative estimate of drug-likeness (QED) is 0.841. The standard InChI is InChI=1S/C13H19NO2/c1-15-9-13(7-11(14)8-13)10-4-3-5-12(6-10)16-2/h3-6,11H,7-9,14H2,1-2H3. The number of rotatable bonds is 4. The number of hydrogen-bond acceptors (Lipinski definition) is 3. The topological polar surface area (TPSA) is 44.5 Å². The summed E-state index contributed by atoms with van der Waals surface area (Å²) in [5.41, 5.74) is 7.28. The van der Waals surface area contributed by atoms with Gasteiger partial charge in [-0.1, -0.05) is 12.1 Å². The third kappa shape index (κ3) is 1.93. The average Bonchev–Trinajstić information content (AvgIpc) is 2.27. The predicted molar refractivity (Wildman–Crippen MR) is 63.8 cm³/mol. The maximum Gasteiger partial charge on any atom is 0.119 e. The van der Waals surface area contributed by atoms with Gasteiger partial charge in [0.15, 0.2) is 0 Å². The third-order valence-corrected chi connectivity index (χ3v) is 3.41. The summed E-state index contributed by atoms with van der Waals surface area (Å²) in [6.45, 7) is 0.730. The Morgan fingerprint density at radius 1 is 1.38 bits per heavy atom. The van der Waals surface area contributed by atoms with Crippen molar-refractivity contribution in [1.29, 1.82) is 0 Å². The molecule has 3 nitrogen and oxygen atoms in total. The molecule has 0 unspecified atom stereocenters. The number of methoxy groups -OCH3 is 2. The Morgan fingerprint density at radius 2 is 2.12 bits per heavy atom. The molecule has 1 aromatic rings. The maximum atomic E-state index is 5.91. The van der Waals surface area contributed by atoms with Crippen molar-refractivity contribution in [2.24, 2.45) is 5.73 Å². The molecule has 0 amide bonds. The predicted octanol–water partition coefficient (Wildman–Crippen LogP) is 1.70. The fourth-order valence-corrected chi connectivity index (χ4v) is 2.61. The van der Waals surface area contributed by atoms with E-state index in [1.807, 2.05) is 12.1 Å². The second kappa shape index (κ2) is 4.44. The molecule has 1 aliphatic carbocycles. The minimum absolute atomic E-state index is 0.0999. The van der Waals surface area contributed by atoms with Crippen LogP contribution in [0.3, 0.4) is 0 Å². The molecular formula is C13H19NO2. The molecule has 0 saturated heterocycles. The highest BCUT2D eigenvalue weighted by Crippen LogP contribution is 2.43. The third-order valence-electron chi connectivity index (χ3n) is 3.41. The summed E-state index contributed by atoms with van der Waals surface area (Å²) in [6, 6.07) is 8.51. The van der Waals surface area contributed by atoms with E-state index in [0.717, 1.165) is 25.2 Å². The normalized spacial score (nSPS) is 28.6. The van der Waals surface area contributed by atoms with Crippen LogP contribution in [0, 0.1) is 0 Å². The Kier molecular flexibility index (Phi) is 3.17. The van der Waals surface area contributed by atoms with Gasteiger partial charge in [-0.25, -0.2) is 0 Å². The summed E-state index contributed by atoms with van der Waals surface area (Å²) >= 11 is 0. The zero-order valence-electron chi connectivity index (χ0n) is 9.90. The lowest BCUT2D eigenvalue weighted by Crippen LogP contribution is -2.51. The lowest BCUT2D eigenvalue weighted by atomic mass is 9.62. The van der Waals surface area contributed by atoms with Crippen LogP contribution in [0.25, 0.3) is 0 Å². The minimum Gasteiger partial charge on any atom is -0.497 e. The van der Waals surface area contributed by atoms with Gasteiger partial charge in [0.25, 0.3) is 0 Å². The van der Waals surface area contributed by atoms with Gasteiger partial charge in [-0.3, -0.25) is 0 Å². The van der Waals surface area contributed by atoms with Gasteiger partial charge >= 0.3 is 0 Å². The van der Waals surface area contributed by atoms with Crippen molar-refractivity contribution >= 4 is 0 Å². The lowest BCUT2D eigenvalue weighted by molar-refractivity contribution is 0.0660. The Balaban J connectivity index is 2.25. The van der Waals surface area contributed by atoms with E-state index in [4.69, 9.17) is 15.2 Å². The van der Waals surface area contributed by atoms with Gasteiger partial charge < -0.3 is 15.2 Å². The van der Waals surface area contributed by atoms with E-state index >= 15 is 0 Å². The molecule has 0 heterocycles. The van der Waals surface area contributed by atoms with E-state index in [1.54, 1.807) is 14.2 Å². The fraction of sp³-hybridized carbons (Fsp3) is 0.538. The van der Waals surface area contributed by atoms with E-state index in [1.165, 1.54) is 5.56 Å². The molecule has 16 heavy (non-hydrogen) atoms. The van der Waals surface area contributed by atoms with Crippen LogP contribution in [0.4, 0.5) is 0 Å². The van der Waals surface area contributed by atoms with Crippen molar-refractivity contribution in [2.45, 2.75) is 24.3 Å². The molecule has 0 spiro atoms. The number of hydrogen-bond donors (Lipinski definition) is 1. The highest BCUT2D eigenvalue weighted by Gasteiger charge is 2.44.